The molecule has 2 amide bonds. The van der Waals surface area contributed by atoms with Crippen molar-refractivity contribution in [2.24, 2.45) is 0 Å². The van der Waals surface area contributed by atoms with Crippen LogP contribution in [0.3, 0.4) is 0 Å². The minimum absolute atomic E-state index is 0.0163. The first-order chi connectivity index (χ1) is 7.34. The third-order valence-electron chi connectivity index (χ3n) is 3.19. The Morgan fingerprint density at radius 3 is 2.33 bits per heavy atom. The molecule has 0 aromatic rings. The van der Waals surface area contributed by atoms with Crippen LogP contribution in [-0.4, -0.2) is 31.3 Å². The predicted molar refractivity (Wildman–Crippen MR) is 57.8 cm³/mol. The number of hydrogen-bond donors (Lipinski definition) is 2. The minimum atomic E-state index is -0.0163. The molecule has 1 unspecified atom stereocenters. The molecule has 1 aliphatic carbocycles. The van der Waals surface area contributed by atoms with Crippen LogP contribution < -0.4 is 10.6 Å². The molecule has 1 saturated carbocycles. The predicted octanol–water partition coefficient (Wildman–Crippen LogP) is 1.41. The van der Waals surface area contributed by atoms with Crippen LogP contribution in [0, 0.1) is 0 Å². The average molecular weight is 212 g/mol. The highest BCUT2D eigenvalue weighted by atomic mass is 16.5. The van der Waals surface area contributed by atoms with E-state index in [1.807, 2.05) is 0 Å². The SMILES string of the molecule is O=C(NC1CCCC1)NC1CCCOC1. The van der Waals surface area contributed by atoms with Crippen molar-refractivity contribution < 1.29 is 9.53 Å². The summed E-state index contributed by atoms with van der Waals surface area (Å²) < 4.78 is 5.31. The Balaban J connectivity index is 1.66. The summed E-state index contributed by atoms with van der Waals surface area (Å²) >= 11 is 0. The Morgan fingerprint density at radius 1 is 1.00 bits per heavy atom. The van der Waals surface area contributed by atoms with Crippen molar-refractivity contribution in [1.82, 2.24) is 10.6 Å². The van der Waals surface area contributed by atoms with E-state index in [2.05, 4.69) is 10.6 Å². The molecular formula is C11H20N2O2. The lowest BCUT2D eigenvalue weighted by Crippen LogP contribution is -2.48. The highest BCUT2D eigenvalue weighted by Crippen LogP contribution is 2.17. The Morgan fingerprint density at radius 2 is 1.67 bits per heavy atom. The molecule has 0 radical (unpaired) electrons. The summed E-state index contributed by atoms with van der Waals surface area (Å²) in [5, 5.41) is 5.99. The van der Waals surface area contributed by atoms with E-state index in [9.17, 15) is 4.79 Å². The molecule has 1 atom stereocenters. The maximum Gasteiger partial charge on any atom is 0.315 e. The fraction of sp³-hybridized carbons (Fsp3) is 0.909. The molecule has 1 heterocycles. The molecule has 2 fully saturated rings. The van der Waals surface area contributed by atoms with Crippen molar-refractivity contribution in [2.45, 2.75) is 50.6 Å². The number of amides is 2. The lowest BCUT2D eigenvalue weighted by molar-refractivity contribution is 0.0730. The fourth-order valence-corrected chi connectivity index (χ4v) is 2.34. The maximum absolute atomic E-state index is 11.6. The van der Waals surface area contributed by atoms with Gasteiger partial charge in [-0.1, -0.05) is 12.8 Å². The van der Waals surface area contributed by atoms with Crippen LogP contribution in [0.4, 0.5) is 4.79 Å². The van der Waals surface area contributed by atoms with Gasteiger partial charge in [0.05, 0.1) is 12.6 Å². The van der Waals surface area contributed by atoms with Crippen molar-refractivity contribution in [3.8, 4) is 0 Å². The van der Waals surface area contributed by atoms with Gasteiger partial charge in [-0.15, -0.1) is 0 Å². The largest absolute Gasteiger partial charge is 0.379 e. The molecule has 4 nitrogen and oxygen atoms in total. The van der Waals surface area contributed by atoms with E-state index >= 15 is 0 Å². The molecular weight excluding hydrogens is 192 g/mol. The molecule has 86 valence electrons. The number of carbonyl (C=O) groups excluding carboxylic acids is 1. The van der Waals surface area contributed by atoms with Gasteiger partial charge in [-0.2, -0.15) is 0 Å². The Hall–Kier alpha value is -0.770. The van der Waals surface area contributed by atoms with Gasteiger partial charge in [0.15, 0.2) is 0 Å². The molecule has 2 rings (SSSR count). The number of carbonyl (C=O) groups is 1. The van der Waals surface area contributed by atoms with Gasteiger partial charge in [0.1, 0.15) is 0 Å². The Kier molecular flexibility index (Phi) is 3.83. The minimum Gasteiger partial charge on any atom is -0.379 e. The molecule has 1 saturated heterocycles. The number of rotatable bonds is 2. The normalized spacial score (nSPS) is 27.6. The third-order valence-corrected chi connectivity index (χ3v) is 3.19. The maximum atomic E-state index is 11.6. The highest BCUT2D eigenvalue weighted by molar-refractivity contribution is 5.74. The van der Waals surface area contributed by atoms with Crippen molar-refractivity contribution in [3.63, 3.8) is 0 Å². The number of ether oxygens (including phenoxy) is 1. The summed E-state index contributed by atoms with van der Waals surface area (Å²) in [5.74, 6) is 0. The van der Waals surface area contributed by atoms with E-state index < -0.39 is 0 Å². The molecule has 2 N–H and O–H groups in total. The van der Waals surface area contributed by atoms with Crippen molar-refractivity contribution in [1.29, 1.82) is 0 Å². The quantitative estimate of drug-likeness (QED) is 0.727. The highest BCUT2D eigenvalue weighted by Gasteiger charge is 2.20. The number of hydrogen-bond acceptors (Lipinski definition) is 2. The van der Waals surface area contributed by atoms with Crippen LogP contribution in [0.1, 0.15) is 38.5 Å². The zero-order valence-corrected chi connectivity index (χ0v) is 9.13. The second kappa shape index (κ2) is 5.35. The van der Waals surface area contributed by atoms with Crippen LogP contribution in [0.5, 0.6) is 0 Å². The summed E-state index contributed by atoms with van der Waals surface area (Å²) in [6, 6.07) is 0.590. The van der Waals surface area contributed by atoms with Gasteiger partial charge in [0, 0.05) is 12.6 Å². The van der Waals surface area contributed by atoms with Crippen LogP contribution in [0.25, 0.3) is 0 Å². The van der Waals surface area contributed by atoms with Gasteiger partial charge in [-0.25, -0.2) is 4.79 Å². The van der Waals surface area contributed by atoms with Gasteiger partial charge < -0.3 is 15.4 Å². The van der Waals surface area contributed by atoms with Crippen LogP contribution in [-0.2, 0) is 4.74 Å². The van der Waals surface area contributed by atoms with E-state index in [4.69, 9.17) is 4.74 Å². The van der Waals surface area contributed by atoms with Gasteiger partial charge in [-0.05, 0) is 25.7 Å². The molecule has 0 aromatic heterocycles. The summed E-state index contributed by atoms with van der Waals surface area (Å²) in [6.07, 6.45) is 6.85. The van der Waals surface area contributed by atoms with Crippen LogP contribution >= 0.6 is 0 Å². The first kappa shape index (κ1) is 10.7. The monoisotopic (exact) mass is 212 g/mol. The molecule has 0 spiro atoms. The van der Waals surface area contributed by atoms with Gasteiger partial charge in [-0.3, -0.25) is 0 Å². The second-order valence-corrected chi connectivity index (χ2v) is 4.51. The van der Waals surface area contributed by atoms with Crippen molar-refractivity contribution >= 4 is 6.03 Å². The first-order valence-electron chi connectivity index (χ1n) is 5.99. The van der Waals surface area contributed by atoms with Crippen LogP contribution in [0.15, 0.2) is 0 Å². The smallest absolute Gasteiger partial charge is 0.315 e. The first-order valence-corrected chi connectivity index (χ1v) is 5.99. The zero-order chi connectivity index (χ0) is 10.5. The summed E-state index contributed by atoms with van der Waals surface area (Å²) in [6.45, 7) is 1.50. The average Bonchev–Trinajstić information content (AvgIpc) is 2.71. The molecule has 4 heteroatoms. The van der Waals surface area contributed by atoms with Crippen LogP contribution in [0.2, 0.25) is 0 Å². The topological polar surface area (TPSA) is 50.4 Å². The van der Waals surface area contributed by atoms with Gasteiger partial charge >= 0.3 is 6.03 Å². The molecule has 2 aliphatic rings. The van der Waals surface area contributed by atoms with E-state index in [-0.39, 0.29) is 12.1 Å². The van der Waals surface area contributed by atoms with E-state index in [1.165, 1.54) is 12.8 Å². The Bertz CT molecular complexity index is 209. The standard InChI is InChI=1S/C11H20N2O2/c14-11(12-9-4-1-2-5-9)13-10-6-3-7-15-8-10/h9-10H,1-8H2,(H2,12,13,14). The second-order valence-electron chi connectivity index (χ2n) is 4.51. The van der Waals surface area contributed by atoms with E-state index in [1.54, 1.807) is 0 Å². The van der Waals surface area contributed by atoms with Gasteiger partial charge in [0.2, 0.25) is 0 Å². The number of nitrogens with one attached hydrogen (secondary N) is 2. The fourth-order valence-electron chi connectivity index (χ4n) is 2.34. The van der Waals surface area contributed by atoms with E-state index in [0.29, 0.717) is 12.6 Å². The third kappa shape index (κ3) is 3.38. The summed E-state index contributed by atoms with van der Waals surface area (Å²) in [4.78, 5) is 11.6. The number of urea groups is 1. The molecule has 15 heavy (non-hydrogen) atoms. The lowest BCUT2D eigenvalue weighted by Gasteiger charge is -2.24. The molecule has 0 bridgehead atoms. The summed E-state index contributed by atoms with van der Waals surface area (Å²) in [7, 11) is 0. The van der Waals surface area contributed by atoms with Crippen molar-refractivity contribution in [3.05, 3.63) is 0 Å². The van der Waals surface area contributed by atoms with Crippen molar-refractivity contribution in [2.75, 3.05) is 13.2 Å². The molecule has 1 aliphatic heterocycles. The lowest BCUT2D eigenvalue weighted by atomic mass is 10.1. The summed E-state index contributed by atoms with van der Waals surface area (Å²) in [5.41, 5.74) is 0. The zero-order valence-electron chi connectivity index (χ0n) is 9.13. The Labute approximate surface area is 90.8 Å². The molecule has 0 aromatic carbocycles. The van der Waals surface area contributed by atoms with Gasteiger partial charge in [0.25, 0.3) is 0 Å². The van der Waals surface area contributed by atoms with E-state index in [0.717, 1.165) is 32.3 Å².